The summed E-state index contributed by atoms with van der Waals surface area (Å²) in [5.74, 6) is 0. The van der Waals surface area contributed by atoms with Gasteiger partial charge in [-0.3, -0.25) is 0 Å². The largest absolute Gasteiger partial charge is 3.00 e. The molecule has 0 aliphatic rings. The van der Waals surface area contributed by atoms with E-state index >= 15 is 0 Å². The summed E-state index contributed by atoms with van der Waals surface area (Å²) in [6.45, 7) is 0. The van der Waals surface area contributed by atoms with Crippen LogP contribution >= 0.6 is 0 Å². The normalized spacial score (nSPS) is 6.56. The molecule has 0 aromatic heterocycles. The van der Waals surface area contributed by atoms with Crippen LogP contribution in [0.1, 0.15) is 0 Å². The van der Waals surface area contributed by atoms with Crippen molar-refractivity contribution in [3.8, 4) is 0 Å². The van der Waals surface area contributed by atoms with Crippen LogP contribution in [0.25, 0.3) is 0 Å². The molecule has 0 aromatic rings. The average molecular weight is 529 g/mol. The van der Waals surface area contributed by atoms with E-state index in [1.807, 2.05) is 0 Å². The molecule has 0 amide bonds. The topological polar surface area (TPSA) is 253 Å². The zero-order valence-corrected chi connectivity index (χ0v) is 14.0. The maximum atomic E-state index is 8.54. The third kappa shape index (κ3) is 1200. The Bertz CT molecular complexity index is 117. The molecule has 16 heteroatoms. The van der Waals surface area contributed by atoms with E-state index in [4.69, 9.17) is 36.6 Å². The molecule has 0 saturated carbocycles. The molecular weight excluding hydrogens is 525 g/mol. The van der Waals surface area contributed by atoms with Gasteiger partial charge in [-0.2, -0.15) is 0 Å². The van der Waals surface area contributed by atoms with Gasteiger partial charge in [0.2, 0.25) is 0 Å². The van der Waals surface area contributed by atoms with Crippen molar-refractivity contribution < 1.29 is 81.7 Å². The fourth-order valence-corrected chi connectivity index (χ4v) is 0. The van der Waals surface area contributed by atoms with Crippen molar-refractivity contribution in [2.24, 2.45) is 0 Å². The maximum Gasteiger partial charge on any atom is 3.00 e. The Labute approximate surface area is 124 Å². The Hall–Kier alpha value is 1.68. The molecule has 16 heavy (non-hydrogen) atoms. The summed E-state index contributed by atoms with van der Waals surface area (Å²) < 4.78 is 76.9. The van der Waals surface area contributed by atoms with Crippen LogP contribution in [-0.2, 0) is 45.6 Å². The number of hydrogen-bond acceptors (Lipinski definition) is 9. The van der Waals surface area contributed by atoms with Crippen LogP contribution in [0.2, 0.25) is 0 Å². The van der Waals surface area contributed by atoms with Crippen LogP contribution in [0.3, 0.4) is 0 Å². The molecule has 0 aromatic carbocycles. The van der Waals surface area contributed by atoms with Crippen LogP contribution in [0.15, 0.2) is 0 Å². The second-order valence-electron chi connectivity index (χ2n) is 0.612. The van der Waals surface area contributed by atoms with Crippen molar-refractivity contribution in [2.45, 2.75) is 0 Å². The molecule has 0 atom stereocenters. The van der Waals surface area contributed by atoms with E-state index in [1.165, 1.54) is 0 Å². The summed E-state index contributed by atoms with van der Waals surface area (Å²) >= 11 is -11.4. The molecule has 0 aliphatic carbocycles. The predicted octanol–water partition coefficient (Wildman–Crippen LogP) is -10.3. The van der Waals surface area contributed by atoms with Crippen molar-refractivity contribution in [2.75, 3.05) is 0 Å². The first-order valence-corrected chi connectivity index (χ1v) is 7.79. The van der Waals surface area contributed by atoms with Gasteiger partial charge in [0.1, 0.15) is 0 Å². The number of hydrogen-bond donors (Lipinski definition) is 0. The summed E-state index contributed by atoms with van der Waals surface area (Å²) in [6.07, 6.45) is 0. The molecule has 4 N–H and O–H groups in total. The molecule has 0 fully saturated rings. The molecular formula is H4Fe2O11Se3. The van der Waals surface area contributed by atoms with Gasteiger partial charge in [-0.05, 0) is 0 Å². The predicted molar refractivity (Wildman–Crippen MR) is 26.5 cm³/mol. The molecule has 11 nitrogen and oxygen atoms in total. The minimum atomic E-state index is -3.79. The van der Waals surface area contributed by atoms with Crippen LogP contribution in [-0.4, -0.2) is 54.4 Å². The average Bonchev–Trinajstić information content (AvgIpc) is 1.54. The van der Waals surface area contributed by atoms with Crippen molar-refractivity contribution in [3.05, 3.63) is 0 Å². The van der Waals surface area contributed by atoms with Gasteiger partial charge in [0.25, 0.3) is 0 Å². The van der Waals surface area contributed by atoms with E-state index < -0.39 is 43.5 Å². The Balaban J connectivity index is -0.0000000135. The van der Waals surface area contributed by atoms with Gasteiger partial charge in [-0.1, -0.05) is 0 Å². The van der Waals surface area contributed by atoms with Crippen molar-refractivity contribution in [3.63, 3.8) is 0 Å². The quantitative estimate of drug-likeness (QED) is 0.270. The Morgan fingerprint density at radius 2 is 0.500 bits per heavy atom. The molecule has 0 bridgehead atoms. The molecule has 0 spiro atoms. The summed E-state index contributed by atoms with van der Waals surface area (Å²) in [7, 11) is 0. The van der Waals surface area contributed by atoms with E-state index in [0.717, 1.165) is 0 Å². The molecule has 0 heterocycles. The van der Waals surface area contributed by atoms with Gasteiger partial charge >= 0.3 is 114 Å². The van der Waals surface area contributed by atoms with Crippen LogP contribution in [0.5, 0.6) is 0 Å². The fourth-order valence-electron chi connectivity index (χ4n) is 0. The van der Waals surface area contributed by atoms with Crippen LogP contribution < -0.4 is 25.1 Å². The minimum absolute atomic E-state index is 0. The Morgan fingerprint density at radius 1 is 0.500 bits per heavy atom. The van der Waals surface area contributed by atoms with E-state index in [0.29, 0.717) is 0 Å². The number of rotatable bonds is 0. The van der Waals surface area contributed by atoms with Gasteiger partial charge in [0, 0.05) is 0 Å². The standard InChI is InChI=1S/2Fe.3H2O3Se.2H2O/c;;3*1-4(2)3;;/h;;3*(H2,1,2,3);2*1H2/q2*+3;;;;;/p-6. The molecule has 104 valence electrons. The Morgan fingerprint density at radius 3 is 0.500 bits per heavy atom. The van der Waals surface area contributed by atoms with Crippen LogP contribution in [0.4, 0.5) is 0 Å². The third-order valence-electron chi connectivity index (χ3n) is 0. The van der Waals surface area contributed by atoms with Gasteiger partial charge in [-0.25, -0.2) is 0 Å². The molecule has 0 rings (SSSR count). The first kappa shape index (κ1) is 43.1. The molecule has 2 radical (unpaired) electrons. The van der Waals surface area contributed by atoms with Crippen LogP contribution in [0, 0.1) is 0 Å². The summed E-state index contributed by atoms with van der Waals surface area (Å²) in [4.78, 5) is 0. The first-order chi connectivity index (χ1) is 5.20. The zero-order valence-electron chi connectivity index (χ0n) is 6.61. The fraction of sp³-hybridized carbons (Fsp3) is 0. The van der Waals surface area contributed by atoms with E-state index in [2.05, 4.69) is 0 Å². The summed E-state index contributed by atoms with van der Waals surface area (Å²) in [6, 6.07) is 0. The van der Waals surface area contributed by atoms with Crippen molar-refractivity contribution >= 4 is 43.5 Å². The van der Waals surface area contributed by atoms with Crippen molar-refractivity contribution in [1.29, 1.82) is 0 Å². The smallest absolute Gasteiger partial charge is 3.00 e. The van der Waals surface area contributed by atoms with E-state index in [9.17, 15) is 0 Å². The minimum Gasteiger partial charge on any atom is 3.00 e. The first-order valence-electron chi connectivity index (χ1n) is 1.50. The van der Waals surface area contributed by atoms with E-state index in [-0.39, 0.29) is 45.1 Å². The van der Waals surface area contributed by atoms with Gasteiger partial charge in [0.05, 0.1) is 0 Å². The van der Waals surface area contributed by atoms with Gasteiger partial charge < -0.3 is 11.0 Å². The van der Waals surface area contributed by atoms with Gasteiger partial charge in [0.15, 0.2) is 0 Å². The Kier molecular flexibility index (Phi) is 96.9. The monoisotopic (exact) mass is 532 g/mol. The maximum absolute atomic E-state index is 8.54. The third-order valence-corrected chi connectivity index (χ3v) is 0. The second kappa shape index (κ2) is 36.0. The van der Waals surface area contributed by atoms with Gasteiger partial charge in [-0.15, -0.1) is 0 Å². The summed E-state index contributed by atoms with van der Waals surface area (Å²) in [5, 5.41) is 0. The zero-order chi connectivity index (χ0) is 10.7. The molecule has 0 unspecified atom stereocenters. The molecule has 0 aliphatic heterocycles. The van der Waals surface area contributed by atoms with Crippen molar-refractivity contribution in [1.82, 2.24) is 0 Å². The van der Waals surface area contributed by atoms with E-state index in [1.54, 1.807) is 0 Å². The summed E-state index contributed by atoms with van der Waals surface area (Å²) in [5.41, 5.74) is 0. The molecule has 0 saturated heterocycles. The second-order valence-corrected chi connectivity index (χ2v) is 3.18. The SMILES string of the molecule is O.O.O=[Se]([O-])[O-].O=[Se]([O-])[O-].O=[Se]([O-])[O-].[Fe+3].[Fe+3].